The Morgan fingerprint density at radius 3 is 2.65 bits per heavy atom. The zero-order valence-corrected chi connectivity index (χ0v) is 12.0. The van der Waals surface area contributed by atoms with Crippen molar-refractivity contribution in [3.05, 3.63) is 17.7 Å². The largest absolute Gasteiger partial charge is 0.397 e. The summed E-state index contributed by atoms with van der Waals surface area (Å²) in [5.74, 6) is 0.0805. The average molecular weight is 275 g/mol. The van der Waals surface area contributed by atoms with Crippen LogP contribution in [0.2, 0.25) is 0 Å². The Hall–Kier alpha value is -1.75. The number of amides is 1. The van der Waals surface area contributed by atoms with Gasteiger partial charge in [-0.05, 0) is 38.0 Å². The van der Waals surface area contributed by atoms with E-state index in [0.717, 1.165) is 42.1 Å². The van der Waals surface area contributed by atoms with Gasteiger partial charge in [0, 0.05) is 25.2 Å². The summed E-state index contributed by atoms with van der Waals surface area (Å²) in [6, 6.07) is 4.00. The van der Waals surface area contributed by atoms with Crippen LogP contribution >= 0.6 is 0 Å². The van der Waals surface area contributed by atoms with E-state index in [4.69, 9.17) is 10.5 Å². The second kappa shape index (κ2) is 4.98. The molecule has 1 saturated heterocycles. The Morgan fingerprint density at radius 1 is 1.25 bits per heavy atom. The summed E-state index contributed by atoms with van der Waals surface area (Å²) in [5, 5.41) is 2.94. The van der Waals surface area contributed by atoms with Gasteiger partial charge in [-0.1, -0.05) is 0 Å². The predicted octanol–water partition coefficient (Wildman–Crippen LogP) is 1.77. The van der Waals surface area contributed by atoms with E-state index in [-0.39, 0.29) is 18.1 Å². The van der Waals surface area contributed by atoms with Crippen molar-refractivity contribution in [2.24, 2.45) is 0 Å². The molecule has 1 fully saturated rings. The molecule has 5 nitrogen and oxygen atoms in total. The molecule has 2 heterocycles. The van der Waals surface area contributed by atoms with Gasteiger partial charge in [0.2, 0.25) is 5.91 Å². The molecule has 5 heteroatoms. The Balaban J connectivity index is 1.93. The first-order valence-electron chi connectivity index (χ1n) is 7.15. The molecule has 2 atom stereocenters. The van der Waals surface area contributed by atoms with Gasteiger partial charge in [-0.25, -0.2) is 0 Å². The molecule has 0 aromatic heterocycles. The lowest BCUT2D eigenvalue weighted by atomic mass is 10.0. The van der Waals surface area contributed by atoms with Crippen LogP contribution in [0, 0.1) is 0 Å². The van der Waals surface area contributed by atoms with Gasteiger partial charge in [-0.3, -0.25) is 4.79 Å². The van der Waals surface area contributed by atoms with Crippen molar-refractivity contribution in [3.8, 4) is 0 Å². The number of benzene rings is 1. The highest BCUT2D eigenvalue weighted by Crippen LogP contribution is 2.34. The number of nitrogens with two attached hydrogens (primary N) is 1. The van der Waals surface area contributed by atoms with Crippen molar-refractivity contribution in [2.75, 3.05) is 29.0 Å². The molecule has 20 heavy (non-hydrogen) atoms. The number of rotatable bonds is 1. The summed E-state index contributed by atoms with van der Waals surface area (Å²) in [6.07, 6.45) is 1.67. The Labute approximate surface area is 119 Å². The summed E-state index contributed by atoms with van der Waals surface area (Å²) >= 11 is 0. The van der Waals surface area contributed by atoms with Crippen LogP contribution in [0.1, 0.15) is 25.8 Å². The third-order valence-corrected chi connectivity index (χ3v) is 3.91. The van der Waals surface area contributed by atoms with Gasteiger partial charge in [0.1, 0.15) is 0 Å². The van der Waals surface area contributed by atoms with Gasteiger partial charge in [-0.2, -0.15) is 0 Å². The molecule has 0 radical (unpaired) electrons. The number of anilines is 3. The lowest BCUT2D eigenvalue weighted by molar-refractivity contribution is -0.116. The minimum atomic E-state index is 0.0805. The number of nitrogen functional groups attached to an aromatic ring is 1. The lowest BCUT2D eigenvalue weighted by Gasteiger charge is -2.38. The molecule has 1 amide bonds. The van der Waals surface area contributed by atoms with Crippen LogP contribution in [0.4, 0.5) is 17.1 Å². The molecular weight excluding hydrogens is 254 g/mol. The predicted molar refractivity (Wildman–Crippen MR) is 80.0 cm³/mol. The second-order valence-corrected chi connectivity index (χ2v) is 5.78. The summed E-state index contributed by atoms with van der Waals surface area (Å²) in [5.41, 5.74) is 10.0. The van der Waals surface area contributed by atoms with Crippen molar-refractivity contribution in [2.45, 2.75) is 38.9 Å². The molecule has 0 saturated carbocycles. The van der Waals surface area contributed by atoms with Crippen molar-refractivity contribution in [1.29, 1.82) is 0 Å². The summed E-state index contributed by atoms with van der Waals surface area (Å²) in [6.45, 7) is 5.78. The van der Waals surface area contributed by atoms with E-state index in [0.29, 0.717) is 6.42 Å². The molecule has 108 valence electrons. The fourth-order valence-electron chi connectivity index (χ4n) is 3.08. The van der Waals surface area contributed by atoms with Gasteiger partial charge < -0.3 is 20.7 Å². The summed E-state index contributed by atoms with van der Waals surface area (Å²) in [7, 11) is 0. The Morgan fingerprint density at radius 2 is 1.95 bits per heavy atom. The quantitative estimate of drug-likeness (QED) is 0.766. The van der Waals surface area contributed by atoms with E-state index in [9.17, 15) is 4.79 Å². The van der Waals surface area contributed by atoms with E-state index in [1.54, 1.807) is 0 Å². The number of hydrogen-bond acceptors (Lipinski definition) is 4. The zero-order valence-electron chi connectivity index (χ0n) is 12.0. The van der Waals surface area contributed by atoms with Crippen LogP contribution < -0.4 is 16.0 Å². The fraction of sp³-hybridized carbons (Fsp3) is 0.533. The number of fused-ring (bicyclic) bond motifs is 1. The van der Waals surface area contributed by atoms with Gasteiger partial charge in [-0.15, -0.1) is 0 Å². The van der Waals surface area contributed by atoms with E-state index in [2.05, 4.69) is 24.1 Å². The molecule has 1 aromatic rings. The van der Waals surface area contributed by atoms with E-state index in [1.165, 1.54) is 0 Å². The van der Waals surface area contributed by atoms with Crippen molar-refractivity contribution >= 4 is 23.0 Å². The maximum atomic E-state index is 11.5. The number of aryl methyl sites for hydroxylation is 1. The van der Waals surface area contributed by atoms with Gasteiger partial charge in [0.25, 0.3) is 0 Å². The van der Waals surface area contributed by atoms with Crippen LogP contribution in [0.5, 0.6) is 0 Å². The molecule has 2 aliphatic rings. The number of ether oxygens (including phenoxy) is 1. The van der Waals surface area contributed by atoms with Crippen LogP contribution in [-0.4, -0.2) is 31.2 Å². The van der Waals surface area contributed by atoms with Crippen molar-refractivity contribution < 1.29 is 9.53 Å². The maximum Gasteiger partial charge on any atom is 0.224 e. The first-order chi connectivity index (χ1) is 9.52. The van der Waals surface area contributed by atoms with Crippen LogP contribution in [-0.2, 0) is 16.0 Å². The standard InChI is InChI=1S/C15H21N3O2/c1-9-7-18(8-10(2)20-9)14-6-13-11(5-12(14)16)3-4-15(19)17-13/h5-6,9-10H,3-4,7-8,16H2,1-2H3,(H,17,19)/t9-,10+. The third kappa shape index (κ3) is 2.45. The van der Waals surface area contributed by atoms with Gasteiger partial charge in [0.15, 0.2) is 0 Å². The lowest BCUT2D eigenvalue weighted by Crippen LogP contribution is -2.45. The number of nitrogens with one attached hydrogen (secondary N) is 1. The zero-order chi connectivity index (χ0) is 14.3. The van der Waals surface area contributed by atoms with Gasteiger partial charge in [0.05, 0.1) is 23.6 Å². The highest BCUT2D eigenvalue weighted by Gasteiger charge is 2.25. The first kappa shape index (κ1) is 13.2. The SMILES string of the molecule is C[C@@H]1CN(c2cc3c(cc2N)CCC(=O)N3)C[C@H](C)O1. The molecule has 0 unspecified atom stereocenters. The average Bonchev–Trinajstić information content (AvgIpc) is 2.37. The number of nitrogens with zero attached hydrogens (tertiary/aromatic N) is 1. The highest BCUT2D eigenvalue weighted by atomic mass is 16.5. The first-order valence-corrected chi connectivity index (χ1v) is 7.15. The third-order valence-electron chi connectivity index (χ3n) is 3.91. The molecular formula is C15H21N3O2. The summed E-state index contributed by atoms with van der Waals surface area (Å²) in [4.78, 5) is 13.8. The highest BCUT2D eigenvalue weighted by molar-refractivity contribution is 5.95. The number of carbonyl (C=O) groups is 1. The van der Waals surface area contributed by atoms with E-state index in [1.807, 2.05) is 12.1 Å². The molecule has 2 aliphatic heterocycles. The van der Waals surface area contributed by atoms with Gasteiger partial charge >= 0.3 is 0 Å². The fourth-order valence-corrected chi connectivity index (χ4v) is 3.08. The smallest absolute Gasteiger partial charge is 0.224 e. The maximum absolute atomic E-state index is 11.5. The van der Waals surface area contributed by atoms with Crippen LogP contribution in [0.15, 0.2) is 12.1 Å². The van der Waals surface area contributed by atoms with Crippen LogP contribution in [0.3, 0.4) is 0 Å². The van der Waals surface area contributed by atoms with Crippen LogP contribution in [0.25, 0.3) is 0 Å². The normalized spacial score (nSPS) is 26.1. The topological polar surface area (TPSA) is 67.6 Å². The molecule has 0 bridgehead atoms. The van der Waals surface area contributed by atoms with Crippen molar-refractivity contribution in [3.63, 3.8) is 0 Å². The summed E-state index contributed by atoms with van der Waals surface area (Å²) < 4.78 is 5.76. The molecule has 0 spiro atoms. The second-order valence-electron chi connectivity index (χ2n) is 5.78. The minimum absolute atomic E-state index is 0.0805. The number of morpholine rings is 1. The minimum Gasteiger partial charge on any atom is -0.397 e. The number of carbonyl (C=O) groups excluding carboxylic acids is 1. The Bertz CT molecular complexity index is 534. The molecule has 0 aliphatic carbocycles. The van der Waals surface area contributed by atoms with E-state index < -0.39 is 0 Å². The Kier molecular flexibility index (Phi) is 3.30. The number of hydrogen-bond donors (Lipinski definition) is 2. The monoisotopic (exact) mass is 275 g/mol. The molecule has 3 rings (SSSR count). The molecule has 3 N–H and O–H groups in total. The van der Waals surface area contributed by atoms with Crippen molar-refractivity contribution in [1.82, 2.24) is 0 Å². The van der Waals surface area contributed by atoms with E-state index >= 15 is 0 Å². The molecule has 1 aromatic carbocycles.